The van der Waals surface area contributed by atoms with Crippen molar-refractivity contribution in [3.8, 4) is 0 Å². The van der Waals surface area contributed by atoms with Crippen LogP contribution in [-0.2, 0) is 4.79 Å². The van der Waals surface area contributed by atoms with Crippen LogP contribution in [0.4, 0.5) is 0 Å². The van der Waals surface area contributed by atoms with Crippen molar-refractivity contribution in [1.29, 1.82) is 0 Å². The second kappa shape index (κ2) is 4.61. The van der Waals surface area contributed by atoms with Gasteiger partial charge in [-0.25, -0.2) is 0 Å². The molecule has 0 bridgehead atoms. The summed E-state index contributed by atoms with van der Waals surface area (Å²) in [4.78, 5) is 12.4. The fraction of sp³-hybridized carbons (Fsp3) is 0.471. The Kier molecular flexibility index (Phi) is 3.40. The first-order chi connectivity index (χ1) is 8.70. The van der Waals surface area contributed by atoms with E-state index in [1.165, 1.54) is 5.56 Å². The molecule has 1 aromatic carbocycles. The van der Waals surface area contributed by atoms with Crippen LogP contribution in [0.1, 0.15) is 45.2 Å². The molecule has 1 aliphatic rings. The summed E-state index contributed by atoms with van der Waals surface area (Å²) in [5.41, 5.74) is 2.77. The Bertz CT molecular complexity index is 521. The van der Waals surface area contributed by atoms with Gasteiger partial charge < -0.3 is 5.32 Å². The van der Waals surface area contributed by atoms with E-state index in [-0.39, 0.29) is 16.9 Å². The first-order valence-electron chi connectivity index (χ1n) is 6.81. The number of benzene rings is 1. The lowest BCUT2D eigenvalue weighted by atomic mass is 9.77. The number of nitrogens with one attached hydrogen (secondary N) is 1. The lowest BCUT2D eigenvalue weighted by molar-refractivity contribution is -0.119. The second-order valence-corrected chi connectivity index (χ2v) is 6.70. The van der Waals surface area contributed by atoms with Gasteiger partial charge in [-0.05, 0) is 46.3 Å². The summed E-state index contributed by atoms with van der Waals surface area (Å²) < 4.78 is 0. The van der Waals surface area contributed by atoms with Gasteiger partial charge in [-0.2, -0.15) is 0 Å². The van der Waals surface area contributed by atoms with E-state index in [9.17, 15) is 4.79 Å². The quantitative estimate of drug-likeness (QED) is 0.780. The van der Waals surface area contributed by atoms with E-state index in [4.69, 9.17) is 0 Å². The molecule has 0 spiro atoms. The number of carbonyl (C=O) groups is 1. The zero-order valence-electron chi connectivity index (χ0n) is 12.5. The zero-order valence-corrected chi connectivity index (χ0v) is 12.5. The van der Waals surface area contributed by atoms with Crippen LogP contribution in [0.15, 0.2) is 29.8 Å². The minimum atomic E-state index is -0.288. The first kappa shape index (κ1) is 14.0. The molecule has 2 nitrogen and oxygen atoms in total. The van der Waals surface area contributed by atoms with E-state index < -0.39 is 0 Å². The maximum atomic E-state index is 12.4. The van der Waals surface area contributed by atoms with E-state index in [1.54, 1.807) is 0 Å². The van der Waals surface area contributed by atoms with Crippen molar-refractivity contribution in [2.45, 2.75) is 52.1 Å². The fourth-order valence-electron chi connectivity index (χ4n) is 2.89. The number of piperidine rings is 1. The molecule has 0 aliphatic carbocycles. The summed E-state index contributed by atoms with van der Waals surface area (Å²) in [5, 5.41) is 3.55. The predicted molar refractivity (Wildman–Crippen MR) is 80.1 cm³/mol. The molecule has 1 N–H and O–H groups in total. The Hall–Kier alpha value is -1.41. The van der Waals surface area contributed by atoms with Gasteiger partial charge in [0.25, 0.3) is 0 Å². The predicted octanol–water partition coefficient (Wildman–Crippen LogP) is 3.50. The van der Waals surface area contributed by atoms with Crippen LogP contribution < -0.4 is 5.32 Å². The van der Waals surface area contributed by atoms with E-state index in [2.05, 4.69) is 64.2 Å². The lowest BCUT2D eigenvalue weighted by Gasteiger charge is -2.43. The Morgan fingerprint density at radius 1 is 1.11 bits per heavy atom. The molecule has 1 aliphatic heterocycles. The average molecular weight is 257 g/mol. The molecule has 0 radical (unpaired) electrons. The summed E-state index contributed by atoms with van der Waals surface area (Å²) >= 11 is 0. The maximum Gasteiger partial charge on any atom is 0.162 e. The van der Waals surface area contributed by atoms with Gasteiger partial charge in [0.15, 0.2) is 5.78 Å². The van der Waals surface area contributed by atoms with E-state index in [1.807, 2.05) is 6.08 Å². The number of hydrogen-bond acceptors (Lipinski definition) is 2. The highest BCUT2D eigenvalue weighted by atomic mass is 16.1. The Labute approximate surface area is 115 Å². The molecule has 2 rings (SSSR count). The van der Waals surface area contributed by atoms with Gasteiger partial charge in [0.1, 0.15) is 0 Å². The highest BCUT2D eigenvalue weighted by Gasteiger charge is 2.40. The van der Waals surface area contributed by atoms with Crippen LogP contribution in [0.5, 0.6) is 0 Å². The third-order valence-electron chi connectivity index (χ3n) is 3.62. The molecular weight excluding hydrogens is 234 g/mol. The molecule has 19 heavy (non-hydrogen) atoms. The largest absolute Gasteiger partial charge is 0.302 e. The molecule has 2 heteroatoms. The summed E-state index contributed by atoms with van der Waals surface area (Å²) in [7, 11) is 0. The Balaban J connectivity index is 2.38. The van der Waals surface area contributed by atoms with Gasteiger partial charge in [-0.3, -0.25) is 4.79 Å². The number of aryl methyl sites for hydroxylation is 1. The number of ketones is 1. The molecule has 0 aromatic heterocycles. The summed E-state index contributed by atoms with van der Waals surface area (Å²) in [6.45, 7) is 10.4. The van der Waals surface area contributed by atoms with Crippen LogP contribution in [0.3, 0.4) is 0 Å². The van der Waals surface area contributed by atoms with Crippen molar-refractivity contribution in [2.75, 3.05) is 0 Å². The molecule has 1 aromatic rings. The van der Waals surface area contributed by atoms with Crippen molar-refractivity contribution in [1.82, 2.24) is 5.32 Å². The third kappa shape index (κ3) is 3.13. The highest BCUT2D eigenvalue weighted by molar-refractivity contribution is 6.03. The van der Waals surface area contributed by atoms with Crippen LogP contribution >= 0.6 is 0 Å². The topological polar surface area (TPSA) is 29.1 Å². The standard InChI is InChI=1S/C17H23NO/c1-12-6-8-13(9-7-12)10-14-15(19)11-16(2,3)18-17(14,4)5/h6-10,18H,11H2,1-5H3. The summed E-state index contributed by atoms with van der Waals surface area (Å²) in [6.07, 6.45) is 2.57. The molecule has 1 saturated heterocycles. The number of carbonyl (C=O) groups excluding carboxylic acids is 1. The van der Waals surface area contributed by atoms with Crippen molar-refractivity contribution < 1.29 is 4.79 Å². The highest BCUT2D eigenvalue weighted by Crippen LogP contribution is 2.31. The van der Waals surface area contributed by atoms with Gasteiger partial charge in [0.05, 0.1) is 0 Å². The zero-order chi connectivity index (χ0) is 14.3. The molecule has 1 fully saturated rings. The number of rotatable bonds is 1. The molecule has 0 unspecified atom stereocenters. The number of Topliss-reactive ketones (excluding diaryl/α,β-unsaturated/α-hetero) is 1. The maximum absolute atomic E-state index is 12.4. The van der Waals surface area contributed by atoms with E-state index in [0.29, 0.717) is 6.42 Å². The number of hydrogen-bond donors (Lipinski definition) is 1. The monoisotopic (exact) mass is 257 g/mol. The van der Waals surface area contributed by atoms with Gasteiger partial charge in [-0.15, -0.1) is 0 Å². The van der Waals surface area contributed by atoms with Crippen LogP contribution in [0, 0.1) is 6.92 Å². The smallest absolute Gasteiger partial charge is 0.162 e. The minimum Gasteiger partial charge on any atom is -0.302 e. The minimum absolute atomic E-state index is 0.134. The van der Waals surface area contributed by atoms with Crippen LogP contribution in [0.25, 0.3) is 6.08 Å². The molecule has 0 atom stereocenters. The van der Waals surface area contributed by atoms with Crippen molar-refractivity contribution >= 4 is 11.9 Å². The van der Waals surface area contributed by atoms with Gasteiger partial charge in [0, 0.05) is 23.1 Å². The normalized spacial score (nSPS) is 23.6. The molecular formula is C17H23NO. The molecule has 0 amide bonds. The van der Waals surface area contributed by atoms with E-state index in [0.717, 1.165) is 11.1 Å². The Morgan fingerprint density at radius 2 is 1.68 bits per heavy atom. The van der Waals surface area contributed by atoms with Crippen LogP contribution in [-0.4, -0.2) is 16.9 Å². The first-order valence-corrected chi connectivity index (χ1v) is 6.81. The second-order valence-electron chi connectivity index (χ2n) is 6.70. The van der Waals surface area contributed by atoms with Crippen LogP contribution in [0.2, 0.25) is 0 Å². The summed E-state index contributed by atoms with van der Waals surface area (Å²) in [6, 6.07) is 8.27. The molecule has 102 valence electrons. The lowest BCUT2D eigenvalue weighted by Crippen LogP contribution is -2.59. The van der Waals surface area contributed by atoms with Gasteiger partial charge in [0.2, 0.25) is 0 Å². The summed E-state index contributed by atoms with van der Waals surface area (Å²) in [5.74, 6) is 0.245. The fourth-order valence-corrected chi connectivity index (χ4v) is 2.89. The molecule has 0 saturated carbocycles. The Morgan fingerprint density at radius 3 is 2.21 bits per heavy atom. The average Bonchev–Trinajstić information content (AvgIpc) is 2.23. The molecule has 1 heterocycles. The van der Waals surface area contributed by atoms with Crippen molar-refractivity contribution in [3.05, 3.63) is 41.0 Å². The van der Waals surface area contributed by atoms with Gasteiger partial charge in [-0.1, -0.05) is 29.8 Å². The SMILES string of the molecule is Cc1ccc(C=C2C(=O)CC(C)(C)NC2(C)C)cc1. The third-order valence-corrected chi connectivity index (χ3v) is 3.62. The van der Waals surface area contributed by atoms with Gasteiger partial charge >= 0.3 is 0 Å². The van der Waals surface area contributed by atoms with Crippen molar-refractivity contribution in [2.24, 2.45) is 0 Å². The van der Waals surface area contributed by atoms with Crippen molar-refractivity contribution in [3.63, 3.8) is 0 Å². The van der Waals surface area contributed by atoms with E-state index >= 15 is 0 Å².